The lowest BCUT2D eigenvalue weighted by Gasteiger charge is -2.08. The highest BCUT2D eigenvalue weighted by Gasteiger charge is 2.17. The van der Waals surface area contributed by atoms with E-state index in [1.54, 1.807) is 7.05 Å². The Hall–Kier alpha value is -3.53. The molecule has 1 atom stereocenters. The molecule has 150 valence electrons. The summed E-state index contributed by atoms with van der Waals surface area (Å²) in [6.45, 7) is 1.94. The predicted molar refractivity (Wildman–Crippen MR) is 103 cm³/mol. The van der Waals surface area contributed by atoms with Crippen molar-refractivity contribution in [2.45, 2.75) is 26.0 Å². The molecule has 0 saturated heterocycles. The first-order valence-corrected chi connectivity index (χ1v) is 9.02. The van der Waals surface area contributed by atoms with Gasteiger partial charge in [0, 0.05) is 20.5 Å². The third-order valence-corrected chi connectivity index (χ3v) is 4.90. The van der Waals surface area contributed by atoms with Gasteiger partial charge in [0.15, 0.2) is 5.82 Å². The number of imidazole rings is 1. The Bertz CT molecular complexity index is 1300. The van der Waals surface area contributed by atoms with Gasteiger partial charge in [0.2, 0.25) is 5.89 Å². The number of aryl methyl sites for hydroxylation is 3. The molecule has 4 aromatic rings. The van der Waals surface area contributed by atoms with E-state index in [4.69, 9.17) is 4.52 Å². The minimum absolute atomic E-state index is 0.0362. The van der Waals surface area contributed by atoms with E-state index in [9.17, 15) is 14.7 Å². The Kier molecular flexibility index (Phi) is 4.63. The minimum Gasteiger partial charge on any atom is -0.388 e. The number of hydrogen-bond acceptors (Lipinski definition) is 7. The molecule has 29 heavy (non-hydrogen) atoms. The Balaban J connectivity index is 1.56. The van der Waals surface area contributed by atoms with Crippen LogP contribution in [0, 0.1) is 6.92 Å². The fourth-order valence-electron chi connectivity index (χ4n) is 3.21. The molecule has 1 N–H and O–H groups in total. The molecule has 0 aliphatic rings. The standard InChI is InChI=1S/C19H20N6O4/c1-11-4-6-12(7-5-11)14(26)8-15-21-16(29-22-15)10-25-18(27)17-13(9-20-25)23(2)19(28)24(17)3/h4-7,9,14,26H,8,10H2,1-3H3/t14-/m0/s1. The van der Waals surface area contributed by atoms with Crippen LogP contribution in [0.3, 0.4) is 0 Å². The van der Waals surface area contributed by atoms with E-state index in [2.05, 4.69) is 15.2 Å². The molecular formula is C19H20N6O4. The number of fused-ring (bicyclic) bond motifs is 1. The van der Waals surface area contributed by atoms with Crippen LogP contribution in [0.2, 0.25) is 0 Å². The van der Waals surface area contributed by atoms with Gasteiger partial charge in [0.25, 0.3) is 5.56 Å². The van der Waals surface area contributed by atoms with Crippen molar-refractivity contribution in [1.82, 2.24) is 29.1 Å². The Morgan fingerprint density at radius 3 is 2.59 bits per heavy atom. The molecule has 0 unspecified atom stereocenters. The molecule has 0 saturated carbocycles. The first-order valence-electron chi connectivity index (χ1n) is 9.02. The molecular weight excluding hydrogens is 376 g/mol. The van der Waals surface area contributed by atoms with Crippen LogP contribution in [0.5, 0.6) is 0 Å². The van der Waals surface area contributed by atoms with Crippen molar-refractivity contribution >= 4 is 11.0 Å². The minimum atomic E-state index is -0.767. The van der Waals surface area contributed by atoms with Crippen LogP contribution in [-0.2, 0) is 27.1 Å². The average molecular weight is 396 g/mol. The molecule has 0 fully saturated rings. The topological polar surface area (TPSA) is 121 Å². The van der Waals surface area contributed by atoms with Crippen LogP contribution in [0.25, 0.3) is 11.0 Å². The van der Waals surface area contributed by atoms with Gasteiger partial charge in [-0.15, -0.1) is 0 Å². The third-order valence-electron chi connectivity index (χ3n) is 4.90. The van der Waals surface area contributed by atoms with Crippen molar-refractivity contribution in [3.63, 3.8) is 0 Å². The van der Waals surface area contributed by atoms with Gasteiger partial charge in [-0.3, -0.25) is 13.9 Å². The van der Waals surface area contributed by atoms with Crippen LogP contribution in [0.1, 0.15) is 28.9 Å². The maximum atomic E-state index is 12.7. The van der Waals surface area contributed by atoms with Crippen molar-refractivity contribution in [3.05, 3.63) is 74.1 Å². The van der Waals surface area contributed by atoms with Gasteiger partial charge in [0.05, 0.1) is 17.8 Å². The number of hydrogen-bond donors (Lipinski definition) is 1. The van der Waals surface area contributed by atoms with Gasteiger partial charge in [-0.2, -0.15) is 10.1 Å². The number of rotatable bonds is 5. The summed E-state index contributed by atoms with van der Waals surface area (Å²) in [5.74, 6) is 0.514. The van der Waals surface area contributed by atoms with Crippen molar-refractivity contribution in [2.24, 2.45) is 14.1 Å². The lowest BCUT2D eigenvalue weighted by Crippen LogP contribution is -2.26. The predicted octanol–water partition coefficient (Wildman–Crippen LogP) is 0.450. The van der Waals surface area contributed by atoms with Gasteiger partial charge >= 0.3 is 5.69 Å². The second-order valence-corrected chi connectivity index (χ2v) is 6.98. The second-order valence-electron chi connectivity index (χ2n) is 6.98. The van der Waals surface area contributed by atoms with Gasteiger partial charge < -0.3 is 9.63 Å². The van der Waals surface area contributed by atoms with Crippen LogP contribution in [0.4, 0.5) is 0 Å². The summed E-state index contributed by atoms with van der Waals surface area (Å²) in [5.41, 5.74) is 1.83. The van der Waals surface area contributed by atoms with E-state index in [-0.39, 0.29) is 30.1 Å². The number of nitrogens with zero attached hydrogens (tertiary/aromatic N) is 6. The van der Waals surface area contributed by atoms with E-state index in [1.165, 1.54) is 22.4 Å². The first kappa shape index (κ1) is 18.8. The molecule has 0 radical (unpaired) electrons. The Morgan fingerprint density at radius 2 is 1.86 bits per heavy atom. The lowest BCUT2D eigenvalue weighted by atomic mass is 10.0. The monoisotopic (exact) mass is 396 g/mol. The maximum Gasteiger partial charge on any atom is 0.328 e. The van der Waals surface area contributed by atoms with Crippen LogP contribution >= 0.6 is 0 Å². The quantitative estimate of drug-likeness (QED) is 0.520. The van der Waals surface area contributed by atoms with E-state index in [0.717, 1.165) is 15.8 Å². The zero-order valence-electron chi connectivity index (χ0n) is 16.2. The van der Waals surface area contributed by atoms with E-state index >= 15 is 0 Å². The van der Waals surface area contributed by atoms with E-state index in [1.807, 2.05) is 31.2 Å². The molecule has 0 spiro atoms. The van der Waals surface area contributed by atoms with Crippen LogP contribution < -0.4 is 11.2 Å². The molecule has 3 heterocycles. The van der Waals surface area contributed by atoms with Crippen molar-refractivity contribution in [1.29, 1.82) is 0 Å². The summed E-state index contributed by atoms with van der Waals surface area (Å²) >= 11 is 0. The molecule has 0 aliphatic heterocycles. The van der Waals surface area contributed by atoms with Crippen molar-refractivity contribution in [2.75, 3.05) is 0 Å². The molecule has 10 nitrogen and oxygen atoms in total. The fraction of sp³-hybridized carbons (Fsp3) is 0.316. The largest absolute Gasteiger partial charge is 0.388 e. The normalized spacial score (nSPS) is 12.6. The Labute approximate surface area is 164 Å². The summed E-state index contributed by atoms with van der Waals surface area (Å²) in [6.07, 6.45) is 0.870. The number of aromatic nitrogens is 6. The highest BCUT2D eigenvalue weighted by Crippen LogP contribution is 2.17. The van der Waals surface area contributed by atoms with Gasteiger partial charge in [-0.25, -0.2) is 9.48 Å². The number of aliphatic hydroxyl groups excluding tert-OH is 1. The molecule has 10 heteroatoms. The summed E-state index contributed by atoms with van der Waals surface area (Å²) in [6, 6.07) is 7.55. The van der Waals surface area contributed by atoms with E-state index in [0.29, 0.717) is 11.3 Å². The van der Waals surface area contributed by atoms with Crippen molar-refractivity contribution < 1.29 is 9.63 Å². The van der Waals surface area contributed by atoms with E-state index < -0.39 is 11.7 Å². The van der Waals surface area contributed by atoms with Crippen LogP contribution in [0.15, 0.2) is 44.6 Å². The number of benzene rings is 1. The van der Waals surface area contributed by atoms with Gasteiger partial charge in [0.1, 0.15) is 12.1 Å². The fourth-order valence-corrected chi connectivity index (χ4v) is 3.21. The smallest absolute Gasteiger partial charge is 0.328 e. The van der Waals surface area contributed by atoms with Gasteiger partial charge in [-0.1, -0.05) is 35.0 Å². The molecule has 3 aromatic heterocycles. The maximum absolute atomic E-state index is 12.7. The lowest BCUT2D eigenvalue weighted by molar-refractivity contribution is 0.174. The molecule has 4 rings (SSSR count). The highest BCUT2D eigenvalue weighted by atomic mass is 16.5. The summed E-state index contributed by atoms with van der Waals surface area (Å²) in [7, 11) is 3.12. The summed E-state index contributed by atoms with van der Waals surface area (Å²) in [5, 5.41) is 18.3. The van der Waals surface area contributed by atoms with Gasteiger partial charge in [-0.05, 0) is 12.5 Å². The molecule has 0 bridgehead atoms. The van der Waals surface area contributed by atoms with Crippen LogP contribution in [-0.4, -0.2) is 34.2 Å². The molecule has 1 aromatic carbocycles. The highest BCUT2D eigenvalue weighted by molar-refractivity contribution is 5.73. The van der Waals surface area contributed by atoms with Crippen molar-refractivity contribution in [3.8, 4) is 0 Å². The third kappa shape index (κ3) is 3.38. The second kappa shape index (κ2) is 7.13. The average Bonchev–Trinajstić information content (AvgIpc) is 3.23. The SMILES string of the molecule is Cc1ccc([C@@H](O)Cc2noc(Cn3ncc4c(c3=O)n(C)c(=O)n4C)n2)cc1. The summed E-state index contributed by atoms with van der Waals surface area (Å²) in [4.78, 5) is 29.0. The molecule has 0 amide bonds. The molecule has 0 aliphatic carbocycles. The zero-order chi connectivity index (χ0) is 20.7. The number of aliphatic hydroxyl groups is 1. The summed E-state index contributed by atoms with van der Waals surface area (Å²) < 4.78 is 9.02. The Morgan fingerprint density at radius 1 is 1.14 bits per heavy atom. The first-order chi connectivity index (χ1) is 13.8. The zero-order valence-corrected chi connectivity index (χ0v) is 16.2.